The van der Waals surface area contributed by atoms with Crippen LogP contribution in [0.25, 0.3) is 0 Å². The van der Waals surface area contributed by atoms with Gasteiger partial charge in [0.2, 0.25) is 0 Å². The van der Waals surface area contributed by atoms with Crippen molar-refractivity contribution >= 4 is 5.78 Å². The summed E-state index contributed by atoms with van der Waals surface area (Å²) in [5.74, 6) is 0.989. The summed E-state index contributed by atoms with van der Waals surface area (Å²) in [7, 11) is 0. The van der Waals surface area contributed by atoms with Crippen molar-refractivity contribution in [2.45, 2.75) is 66.7 Å². The standard InChI is InChI=1S/C13H26O/c1-6-7-8-12(14)9-11(2)10-13(3,4)5/h11H,6-10H2,1-5H3. The fourth-order valence-corrected chi connectivity index (χ4v) is 1.98. The van der Waals surface area contributed by atoms with Crippen LogP contribution < -0.4 is 0 Å². The van der Waals surface area contributed by atoms with Crippen molar-refractivity contribution in [3.8, 4) is 0 Å². The van der Waals surface area contributed by atoms with E-state index in [9.17, 15) is 4.79 Å². The Morgan fingerprint density at radius 3 is 2.29 bits per heavy atom. The molecule has 0 heterocycles. The van der Waals surface area contributed by atoms with Gasteiger partial charge >= 0.3 is 0 Å². The van der Waals surface area contributed by atoms with Crippen molar-refractivity contribution in [3.63, 3.8) is 0 Å². The molecular weight excluding hydrogens is 172 g/mol. The van der Waals surface area contributed by atoms with E-state index in [-0.39, 0.29) is 0 Å². The molecule has 0 saturated carbocycles. The third-order valence-electron chi connectivity index (χ3n) is 2.35. The summed E-state index contributed by atoms with van der Waals surface area (Å²) in [5, 5.41) is 0. The minimum atomic E-state index is 0.352. The minimum Gasteiger partial charge on any atom is -0.300 e. The van der Waals surface area contributed by atoms with Crippen LogP contribution in [0, 0.1) is 11.3 Å². The molecule has 0 aliphatic heterocycles. The summed E-state index contributed by atoms with van der Waals surface area (Å²) in [5.41, 5.74) is 0.352. The maximum Gasteiger partial charge on any atom is 0.133 e. The molecule has 0 fully saturated rings. The molecule has 0 radical (unpaired) electrons. The van der Waals surface area contributed by atoms with E-state index in [1.165, 1.54) is 0 Å². The van der Waals surface area contributed by atoms with E-state index in [1.807, 2.05) is 0 Å². The number of unbranched alkanes of at least 4 members (excludes halogenated alkanes) is 1. The fraction of sp³-hybridized carbons (Fsp3) is 0.923. The summed E-state index contributed by atoms with van der Waals surface area (Å²) >= 11 is 0. The molecule has 0 aliphatic carbocycles. The Kier molecular flexibility index (Phi) is 6.06. The Labute approximate surface area is 89.3 Å². The quantitative estimate of drug-likeness (QED) is 0.625. The highest BCUT2D eigenvalue weighted by Gasteiger charge is 2.17. The molecule has 0 bridgehead atoms. The van der Waals surface area contributed by atoms with Gasteiger partial charge in [0, 0.05) is 12.8 Å². The predicted molar refractivity (Wildman–Crippen MR) is 62.4 cm³/mol. The fourth-order valence-electron chi connectivity index (χ4n) is 1.98. The van der Waals surface area contributed by atoms with Crippen molar-refractivity contribution in [1.82, 2.24) is 0 Å². The van der Waals surface area contributed by atoms with Gasteiger partial charge in [0.15, 0.2) is 0 Å². The van der Waals surface area contributed by atoms with Crippen molar-refractivity contribution in [1.29, 1.82) is 0 Å². The van der Waals surface area contributed by atoms with Crippen LogP contribution in [0.4, 0.5) is 0 Å². The van der Waals surface area contributed by atoms with Crippen molar-refractivity contribution < 1.29 is 4.79 Å². The monoisotopic (exact) mass is 198 g/mol. The van der Waals surface area contributed by atoms with E-state index < -0.39 is 0 Å². The highest BCUT2D eigenvalue weighted by Crippen LogP contribution is 2.26. The van der Waals surface area contributed by atoms with Crippen LogP contribution in [-0.2, 0) is 4.79 Å². The molecule has 0 aromatic rings. The normalized spacial score (nSPS) is 14.1. The minimum absolute atomic E-state index is 0.352. The zero-order valence-corrected chi connectivity index (χ0v) is 10.5. The van der Waals surface area contributed by atoms with Crippen LogP contribution in [0.15, 0.2) is 0 Å². The van der Waals surface area contributed by atoms with Gasteiger partial charge in [-0.1, -0.05) is 41.0 Å². The highest BCUT2D eigenvalue weighted by molar-refractivity contribution is 5.78. The van der Waals surface area contributed by atoms with Gasteiger partial charge in [-0.05, 0) is 24.2 Å². The van der Waals surface area contributed by atoms with Gasteiger partial charge in [0.25, 0.3) is 0 Å². The lowest BCUT2D eigenvalue weighted by Gasteiger charge is -2.22. The summed E-state index contributed by atoms with van der Waals surface area (Å²) < 4.78 is 0. The lowest BCUT2D eigenvalue weighted by atomic mass is 9.83. The molecule has 1 heteroatoms. The van der Waals surface area contributed by atoms with E-state index in [1.54, 1.807) is 0 Å². The first kappa shape index (κ1) is 13.7. The molecule has 0 rings (SSSR count). The average Bonchev–Trinajstić information content (AvgIpc) is 1.96. The summed E-state index contributed by atoms with van der Waals surface area (Å²) in [6, 6.07) is 0. The molecule has 0 spiro atoms. The predicted octanol–water partition coefficient (Wildman–Crippen LogP) is 4.21. The molecular formula is C13H26O. The Morgan fingerprint density at radius 1 is 1.29 bits per heavy atom. The van der Waals surface area contributed by atoms with E-state index in [0.29, 0.717) is 17.1 Å². The number of hydrogen-bond acceptors (Lipinski definition) is 1. The SMILES string of the molecule is CCCCC(=O)CC(C)CC(C)(C)C. The molecule has 1 nitrogen and oxygen atoms in total. The number of carbonyl (C=O) groups excluding carboxylic acids is 1. The smallest absolute Gasteiger partial charge is 0.133 e. The molecule has 0 amide bonds. The van der Waals surface area contributed by atoms with E-state index in [0.717, 1.165) is 32.1 Å². The lowest BCUT2D eigenvalue weighted by molar-refractivity contribution is -0.120. The Hall–Kier alpha value is -0.330. The molecule has 1 atom stereocenters. The summed E-state index contributed by atoms with van der Waals surface area (Å²) in [4.78, 5) is 11.5. The van der Waals surface area contributed by atoms with Crippen LogP contribution in [-0.4, -0.2) is 5.78 Å². The van der Waals surface area contributed by atoms with Crippen molar-refractivity contribution in [3.05, 3.63) is 0 Å². The number of ketones is 1. The van der Waals surface area contributed by atoms with Gasteiger partial charge in [0.1, 0.15) is 5.78 Å². The first-order valence-corrected chi connectivity index (χ1v) is 5.87. The van der Waals surface area contributed by atoms with Crippen LogP contribution in [0.1, 0.15) is 66.7 Å². The van der Waals surface area contributed by atoms with Crippen LogP contribution in [0.2, 0.25) is 0 Å². The Bertz CT molecular complexity index is 165. The lowest BCUT2D eigenvalue weighted by Crippen LogP contribution is -2.14. The largest absolute Gasteiger partial charge is 0.300 e. The Balaban J connectivity index is 3.71. The highest BCUT2D eigenvalue weighted by atomic mass is 16.1. The van der Waals surface area contributed by atoms with Crippen LogP contribution in [0.3, 0.4) is 0 Å². The average molecular weight is 198 g/mol. The number of rotatable bonds is 6. The van der Waals surface area contributed by atoms with Crippen molar-refractivity contribution in [2.24, 2.45) is 11.3 Å². The van der Waals surface area contributed by atoms with Gasteiger partial charge in [-0.15, -0.1) is 0 Å². The molecule has 14 heavy (non-hydrogen) atoms. The topological polar surface area (TPSA) is 17.1 Å². The third kappa shape index (κ3) is 8.28. The third-order valence-corrected chi connectivity index (χ3v) is 2.35. The van der Waals surface area contributed by atoms with Crippen molar-refractivity contribution in [2.75, 3.05) is 0 Å². The van der Waals surface area contributed by atoms with E-state index in [4.69, 9.17) is 0 Å². The van der Waals surface area contributed by atoms with Crippen LogP contribution in [0.5, 0.6) is 0 Å². The second-order valence-corrected chi connectivity index (χ2v) is 5.72. The maximum atomic E-state index is 11.5. The first-order valence-electron chi connectivity index (χ1n) is 5.87. The first-order chi connectivity index (χ1) is 6.35. The number of carbonyl (C=O) groups is 1. The Morgan fingerprint density at radius 2 is 1.86 bits per heavy atom. The van der Waals surface area contributed by atoms with Gasteiger partial charge in [-0.25, -0.2) is 0 Å². The van der Waals surface area contributed by atoms with E-state index in [2.05, 4.69) is 34.6 Å². The molecule has 0 aromatic carbocycles. The molecule has 1 unspecified atom stereocenters. The maximum absolute atomic E-state index is 11.5. The van der Waals surface area contributed by atoms with Gasteiger partial charge in [-0.2, -0.15) is 0 Å². The number of Topliss-reactive ketones (excluding diaryl/α,β-unsaturated/α-hetero) is 1. The van der Waals surface area contributed by atoms with Gasteiger partial charge < -0.3 is 0 Å². The molecule has 0 aliphatic rings. The molecule has 0 N–H and O–H groups in total. The molecule has 0 aromatic heterocycles. The zero-order valence-electron chi connectivity index (χ0n) is 10.5. The van der Waals surface area contributed by atoms with Gasteiger partial charge in [-0.3, -0.25) is 4.79 Å². The van der Waals surface area contributed by atoms with Crippen LogP contribution >= 0.6 is 0 Å². The molecule has 0 saturated heterocycles. The van der Waals surface area contributed by atoms with E-state index >= 15 is 0 Å². The summed E-state index contributed by atoms with van der Waals surface area (Å²) in [6.07, 6.45) is 4.88. The second-order valence-electron chi connectivity index (χ2n) is 5.72. The van der Waals surface area contributed by atoms with Gasteiger partial charge in [0.05, 0.1) is 0 Å². The zero-order chi connectivity index (χ0) is 11.2. The summed E-state index contributed by atoms with van der Waals surface area (Å²) in [6.45, 7) is 11.0. The second kappa shape index (κ2) is 6.21. The number of hydrogen-bond donors (Lipinski definition) is 0. The molecule has 84 valence electrons.